The summed E-state index contributed by atoms with van der Waals surface area (Å²) in [5.41, 5.74) is 2.25. The van der Waals surface area contributed by atoms with Crippen LogP contribution in [0.4, 0.5) is 8.78 Å². The van der Waals surface area contributed by atoms with Crippen LogP contribution in [0.3, 0.4) is 0 Å². The molecule has 0 amide bonds. The summed E-state index contributed by atoms with van der Waals surface area (Å²) in [6.45, 7) is 0. The molecule has 0 atom stereocenters. The number of hydrogen-bond acceptors (Lipinski definition) is 2. The van der Waals surface area contributed by atoms with Crippen molar-refractivity contribution in [3.8, 4) is 6.07 Å². The Morgan fingerprint density at radius 3 is 1.96 bits per heavy atom. The van der Waals surface area contributed by atoms with Gasteiger partial charge in [0, 0.05) is 5.56 Å². The summed E-state index contributed by atoms with van der Waals surface area (Å²) in [4.78, 5) is 0. The largest absolute Gasteiger partial charge is 0.456 e. The molecule has 2 aromatic rings. The van der Waals surface area contributed by atoms with Crippen LogP contribution in [0.15, 0.2) is 72.5 Å². The first-order chi connectivity index (χ1) is 11.2. The Bertz CT molecular complexity index is 854. The lowest BCUT2D eigenvalue weighted by molar-refractivity contribution is 0.398. The molecular weight excluding hydrogens is 296 g/mol. The fraction of sp³-hybridized carbons (Fsp3) is 0. The van der Waals surface area contributed by atoms with E-state index in [1.54, 1.807) is 36.4 Å². The number of ether oxygens (including phenoxy) is 1. The summed E-state index contributed by atoms with van der Waals surface area (Å²) in [6, 6.07) is 13.8. The molecule has 0 unspecified atom stereocenters. The predicted octanol–water partition coefficient (Wildman–Crippen LogP) is 4.83. The Morgan fingerprint density at radius 2 is 1.39 bits per heavy atom. The zero-order valence-electron chi connectivity index (χ0n) is 12.0. The molecule has 0 radical (unpaired) electrons. The summed E-state index contributed by atoms with van der Waals surface area (Å²) >= 11 is 0. The molecule has 0 aromatic heterocycles. The molecule has 23 heavy (non-hydrogen) atoms. The van der Waals surface area contributed by atoms with E-state index in [-0.39, 0.29) is 11.6 Å². The van der Waals surface area contributed by atoms with E-state index in [1.165, 1.54) is 30.3 Å². The summed E-state index contributed by atoms with van der Waals surface area (Å²) in [7, 11) is 0. The van der Waals surface area contributed by atoms with E-state index < -0.39 is 0 Å². The first kappa shape index (κ1) is 14.7. The zero-order chi connectivity index (χ0) is 16.2. The molecule has 0 saturated heterocycles. The van der Waals surface area contributed by atoms with Crippen molar-refractivity contribution in [1.82, 2.24) is 0 Å². The first-order valence-corrected chi connectivity index (χ1v) is 6.88. The number of nitrogens with zero attached hydrogens (tertiary/aromatic N) is 1. The van der Waals surface area contributed by atoms with Gasteiger partial charge < -0.3 is 4.74 Å². The zero-order valence-corrected chi connectivity index (χ0v) is 12.0. The van der Waals surface area contributed by atoms with Gasteiger partial charge in [0.25, 0.3) is 0 Å². The van der Waals surface area contributed by atoms with E-state index in [0.29, 0.717) is 17.1 Å². The van der Waals surface area contributed by atoms with Crippen molar-refractivity contribution >= 4 is 11.3 Å². The van der Waals surface area contributed by atoms with E-state index in [9.17, 15) is 8.78 Å². The Hall–Kier alpha value is -3.19. The highest BCUT2D eigenvalue weighted by molar-refractivity contribution is 5.85. The number of halogens is 2. The van der Waals surface area contributed by atoms with Crippen LogP contribution in [0, 0.1) is 23.0 Å². The molecule has 2 aromatic carbocycles. The summed E-state index contributed by atoms with van der Waals surface area (Å²) in [5.74, 6) is 0.200. The van der Waals surface area contributed by atoms with Gasteiger partial charge in [-0.2, -0.15) is 5.26 Å². The number of hydrogen-bond donors (Lipinski definition) is 0. The number of allylic oxidation sites excluding steroid dienone is 4. The SMILES string of the molecule is N#C/C=C1/C=C(c2ccc(F)cc2)C=C(c2ccc(F)cc2)O1. The van der Waals surface area contributed by atoms with Gasteiger partial charge in [0.1, 0.15) is 23.2 Å². The molecule has 0 spiro atoms. The average molecular weight is 307 g/mol. The van der Waals surface area contributed by atoms with Gasteiger partial charge >= 0.3 is 0 Å². The van der Waals surface area contributed by atoms with E-state index in [4.69, 9.17) is 10.00 Å². The monoisotopic (exact) mass is 307 g/mol. The van der Waals surface area contributed by atoms with Crippen LogP contribution in [-0.4, -0.2) is 0 Å². The molecule has 0 N–H and O–H groups in total. The topological polar surface area (TPSA) is 33.0 Å². The van der Waals surface area contributed by atoms with Crippen molar-refractivity contribution in [2.24, 2.45) is 0 Å². The van der Waals surface area contributed by atoms with Crippen LogP contribution in [0.1, 0.15) is 11.1 Å². The van der Waals surface area contributed by atoms with Gasteiger partial charge in [0.15, 0.2) is 0 Å². The van der Waals surface area contributed by atoms with E-state index in [1.807, 2.05) is 6.07 Å². The van der Waals surface area contributed by atoms with Crippen molar-refractivity contribution in [1.29, 1.82) is 5.26 Å². The third-order valence-corrected chi connectivity index (χ3v) is 3.33. The Labute approximate surface area is 132 Å². The molecule has 0 bridgehead atoms. The normalized spacial score (nSPS) is 15.4. The lowest BCUT2D eigenvalue weighted by atomic mass is 10.0. The highest BCUT2D eigenvalue weighted by Crippen LogP contribution is 2.31. The van der Waals surface area contributed by atoms with Gasteiger partial charge in [-0.25, -0.2) is 8.78 Å². The molecule has 0 saturated carbocycles. The van der Waals surface area contributed by atoms with Crippen molar-refractivity contribution < 1.29 is 13.5 Å². The lowest BCUT2D eigenvalue weighted by Crippen LogP contribution is -1.99. The maximum atomic E-state index is 13.1. The van der Waals surface area contributed by atoms with Crippen LogP contribution in [0.2, 0.25) is 0 Å². The standard InChI is InChI=1S/C19H11F2NO/c20-16-5-1-13(2-6-16)15-11-18(9-10-22)23-19(12-15)14-3-7-17(21)8-4-14/h1-9,11-12H/b18-9-. The van der Waals surface area contributed by atoms with Crippen LogP contribution in [0.5, 0.6) is 0 Å². The smallest absolute Gasteiger partial charge is 0.138 e. The van der Waals surface area contributed by atoms with Gasteiger partial charge in [-0.05, 0) is 59.7 Å². The van der Waals surface area contributed by atoms with E-state index in [0.717, 1.165) is 11.1 Å². The molecule has 112 valence electrons. The fourth-order valence-electron chi connectivity index (χ4n) is 2.22. The Balaban J connectivity index is 2.05. The second kappa shape index (κ2) is 6.29. The quantitative estimate of drug-likeness (QED) is 0.745. The number of nitriles is 1. The Morgan fingerprint density at radius 1 is 0.826 bits per heavy atom. The summed E-state index contributed by atoms with van der Waals surface area (Å²) < 4.78 is 31.8. The second-order valence-electron chi connectivity index (χ2n) is 4.90. The Kier molecular flexibility index (Phi) is 4.03. The molecule has 1 aliphatic heterocycles. The molecule has 1 aliphatic rings. The minimum absolute atomic E-state index is 0.322. The van der Waals surface area contributed by atoms with E-state index >= 15 is 0 Å². The lowest BCUT2D eigenvalue weighted by Gasteiger charge is -2.17. The molecular formula is C19H11F2NO. The maximum absolute atomic E-state index is 13.1. The van der Waals surface area contributed by atoms with Gasteiger partial charge in [-0.15, -0.1) is 0 Å². The van der Waals surface area contributed by atoms with Gasteiger partial charge in [-0.1, -0.05) is 12.1 Å². The second-order valence-corrected chi connectivity index (χ2v) is 4.90. The molecule has 0 aliphatic carbocycles. The third kappa shape index (κ3) is 3.35. The molecule has 4 heteroatoms. The van der Waals surface area contributed by atoms with Gasteiger partial charge in [-0.3, -0.25) is 0 Å². The van der Waals surface area contributed by atoms with Crippen molar-refractivity contribution in [2.75, 3.05) is 0 Å². The van der Waals surface area contributed by atoms with Crippen LogP contribution in [-0.2, 0) is 4.74 Å². The third-order valence-electron chi connectivity index (χ3n) is 3.33. The van der Waals surface area contributed by atoms with Crippen molar-refractivity contribution in [3.05, 3.63) is 95.3 Å². The van der Waals surface area contributed by atoms with Crippen molar-refractivity contribution in [2.45, 2.75) is 0 Å². The number of rotatable bonds is 2. The number of benzene rings is 2. The van der Waals surface area contributed by atoms with E-state index in [2.05, 4.69) is 0 Å². The maximum Gasteiger partial charge on any atom is 0.138 e. The van der Waals surface area contributed by atoms with Crippen LogP contribution < -0.4 is 0 Å². The molecule has 3 rings (SSSR count). The average Bonchev–Trinajstić information content (AvgIpc) is 2.56. The molecule has 2 nitrogen and oxygen atoms in total. The molecule has 1 heterocycles. The summed E-state index contributed by atoms with van der Waals surface area (Å²) in [6.07, 6.45) is 4.75. The predicted molar refractivity (Wildman–Crippen MR) is 83.5 cm³/mol. The van der Waals surface area contributed by atoms with Gasteiger partial charge in [0.05, 0.1) is 12.1 Å². The highest BCUT2D eigenvalue weighted by Gasteiger charge is 2.14. The fourth-order valence-corrected chi connectivity index (χ4v) is 2.22. The summed E-state index contributed by atoms with van der Waals surface area (Å²) in [5, 5.41) is 8.85. The molecule has 0 fully saturated rings. The highest BCUT2D eigenvalue weighted by atomic mass is 19.1. The first-order valence-electron chi connectivity index (χ1n) is 6.88. The van der Waals surface area contributed by atoms with Crippen LogP contribution >= 0.6 is 0 Å². The minimum Gasteiger partial charge on any atom is -0.456 e. The minimum atomic E-state index is -0.341. The van der Waals surface area contributed by atoms with Gasteiger partial charge in [0.2, 0.25) is 0 Å². The van der Waals surface area contributed by atoms with Crippen molar-refractivity contribution in [3.63, 3.8) is 0 Å². The van der Waals surface area contributed by atoms with Crippen LogP contribution in [0.25, 0.3) is 11.3 Å².